The third-order valence-corrected chi connectivity index (χ3v) is 6.71. The molecule has 0 aliphatic heterocycles. The van der Waals surface area contributed by atoms with Gasteiger partial charge >= 0.3 is 6.18 Å². The Morgan fingerprint density at radius 3 is 2.35 bits per heavy atom. The standard InChI is InChI=1S/C25H27F3N2O3S/c1-34-21-11-9-16(10-12-21)24(33)30-22-8-3-2-5-17(22)14-20(31)15-29-23(32)18-6-4-7-19(13-18)25(26,27)28/h4,6-7,9-13,17,22H,2-3,5,8,14-15H2,1H3,(H,29,32)(H,30,33)/t17-,22-/m1/s1. The van der Waals surface area contributed by atoms with E-state index in [1.165, 1.54) is 6.07 Å². The first-order valence-corrected chi connectivity index (χ1v) is 12.3. The van der Waals surface area contributed by atoms with Gasteiger partial charge in [0.2, 0.25) is 0 Å². The minimum Gasteiger partial charge on any atom is -0.349 e. The van der Waals surface area contributed by atoms with Crippen molar-refractivity contribution in [3.05, 3.63) is 65.2 Å². The molecule has 0 radical (unpaired) electrons. The van der Waals surface area contributed by atoms with Crippen molar-refractivity contribution >= 4 is 29.4 Å². The van der Waals surface area contributed by atoms with E-state index >= 15 is 0 Å². The minimum atomic E-state index is -4.55. The van der Waals surface area contributed by atoms with Crippen molar-refractivity contribution in [3.63, 3.8) is 0 Å². The largest absolute Gasteiger partial charge is 0.416 e. The lowest BCUT2D eigenvalue weighted by atomic mass is 9.81. The van der Waals surface area contributed by atoms with Crippen LogP contribution in [0.25, 0.3) is 0 Å². The first kappa shape index (κ1) is 25.8. The molecule has 1 aliphatic carbocycles. The Kier molecular flexibility index (Phi) is 8.77. The van der Waals surface area contributed by atoms with Crippen molar-refractivity contribution < 1.29 is 27.6 Å². The van der Waals surface area contributed by atoms with Gasteiger partial charge in [0, 0.05) is 28.5 Å². The molecule has 5 nitrogen and oxygen atoms in total. The molecule has 0 heterocycles. The Labute approximate surface area is 200 Å². The molecular weight excluding hydrogens is 465 g/mol. The fourth-order valence-electron chi connectivity index (χ4n) is 4.12. The molecule has 0 aromatic heterocycles. The Bertz CT molecular complexity index is 1020. The summed E-state index contributed by atoms with van der Waals surface area (Å²) in [5, 5.41) is 5.46. The van der Waals surface area contributed by atoms with Crippen molar-refractivity contribution in [1.82, 2.24) is 10.6 Å². The van der Waals surface area contributed by atoms with Gasteiger partial charge < -0.3 is 10.6 Å². The molecule has 0 bridgehead atoms. The molecule has 1 fully saturated rings. The molecule has 2 atom stereocenters. The highest BCUT2D eigenvalue weighted by atomic mass is 32.2. The van der Waals surface area contributed by atoms with Crippen LogP contribution < -0.4 is 10.6 Å². The number of carbonyl (C=O) groups is 3. The van der Waals surface area contributed by atoms with Crippen LogP contribution in [-0.2, 0) is 11.0 Å². The number of thioether (sulfide) groups is 1. The van der Waals surface area contributed by atoms with Gasteiger partial charge in [-0.3, -0.25) is 14.4 Å². The number of benzene rings is 2. The van der Waals surface area contributed by atoms with E-state index in [-0.39, 0.29) is 42.2 Å². The Balaban J connectivity index is 1.54. The molecule has 0 unspecified atom stereocenters. The highest BCUT2D eigenvalue weighted by molar-refractivity contribution is 7.98. The van der Waals surface area contributed by atoms with Crippen LogP contribution in [0.5, 0.6) is 0 Å². The van der Waals surface area contributed by atoms with Crippen molar-refractivity contribution in [2.24, 2.45) is 5.92 Å². The van der Waals surface area contributed by atoms with Crippen LogP contribution in [0.4, 0.5) is 13.2 Å². The van der Waals surface area contributed by atoms with Crippen molar-refractivity contribution in [3.8, 4) is 0 Å². The van der Waals surface area contributed by atoms with E-state index in [0.29, 0.717) is 5.56 Å². The monoisotopic (exact) mass is 492 g/mol. The van der Waals surface area contributed by atoms with Crippen LogP contribution in [0, 0.1) is 5.92 Å². The number of hydrogen-bond acceptors (Lipinski definition) is 4. The van der Waals surface area contributed by atoms with Gasteiger partial charge in [-0.15, -0.1) is 11.8 Å². The maximum Gasteiger partial charge on any atom is 0.416 e. The summed E-state index contributed by atoms with van der Waals surface area (Å²) in [6.45, 7) is -0.275. The minimum absolute atomic E-state index is 0.0545. The Hall–Kier alpha value is -2.81. The third-order valence-electron chi connectivity index (χ3n) is 5.97. The van der Waals surface area contributed by atoms with Gasteiger partial charge in [-0.1, -0.05) is 18.9 Å². The van der Waals surface area contributed by atoms with Gasteiger partial charge in [0.15, 0.2) is 5.78 Å². The predicted octanol–water partition coefficient (Wildman–Crippen LogP) is 5.11. The number of ketones is 1. The van der Waals surface area contributed by atoms with Crippen LogP contribution in [0.3, 0.4) is 0 Å². The van der Waals surface area contributed by atoms with Crippen molar-refractivity contribution in [2.45, 2.75) is 49.2 Å². The highest BCUT2D eigenvalue weighted by Gasteiger charge is 2.31. The number of halogens is 3. The van der Waals surface area contributed by atoms with Gasteiger partial charge in [-0.2, -0.15) is 13.2 Å². The number of Topliss-reactive ketones (excluding diaryl/α,β-unsaturated/α-hetero) is 1. The maximum absolute atomic E-state index is 12.9. The topological polar surface area (TPSA) is 75.3 Å². The van der Waals surface area contributed by atoms with E-state index in [9.17, 15) is 27.6 Å². The van der Waals surface area contributed by atoms with E-state index in [4.69, 9.17) is 0 Å². The van der Waals surface area contributed by atoms with Gasteiger partial charge in [-0.05, 0) is 67.5 Å². The smallest absolute Gasteiger partial charge is 0.349 e. The lowest BCUT2D eigenvalue weighted by Gasteiger charge is -2.32. The SMILES string of the molecule is CSc1ccc(C(=O)N[C@@H]2CCCC[C@@H]2CC(=O)CNC(=O)c2cccc(C(F)(F)F)c2)cc1. The zero-order valence-corrected chi connectivity index (χ0v) is 19.6. The van der Waals surface area contributed by atoms with Gasteiger partial charge in [0.25, 0.3) is 11.8 Å². The molecule has 2 N–H and O–H groups in total. The van der Waals surface area contributed by atoms with E-state index in [0.717, 1.165) is 48.8 Å². The second-order valence-electron chi connectivity index (χ2n) is 8.36. The first-order chi connectivity index (χ1) is 16.2. The van der Waals surface area contributed by atoms with Crippen molar-refractivity contribution in [2.75, 3.05) is 12.8 Å². The number of nitrogens with one attached hydrogen (secondary N) is 2. The van der Waals surface area contributed by atoms with Gasteiger partial charge in [0.05, 0.1) is 12.1 Å². The van der Waals surface area contributed by atoms with Gasteiger partial charge in [-0.25, -0.2) is 0 Å². The zero-order chi connectivity index (χ0) is 24.7. The second kappa shape index (κ2) is 11.6. The molecule has 1 saturated carbocycles. The molecule has 34 heavy (non-hydrogen) atoms. The van der Waals surface area contributed by atoms with E-state index in [2.05, 4.69) is 10.6 Å². The number of amides is 2. The normalized spacial score (nSPS) is 18.2. The quantitative estimate of drug-likeness (QED) is 0.503. The zero-order valence-electron chi connectivity index (χ0n) is 18.8. The number of carbonyl (C=O) groups excluding carboxylic acids is 3. The average Bonchev–Trinajstić information content (AvgIpc) is 2.83. The molecule has 9 heteroatoms. The molecular formula is C25H27F3N2O3S. The van der Waals surface area contributed by atoms with Crippen LogP contribution in [0.15, 0.2) is 53.4 Å². The third kappa shape index (κ3) is 7.09. The summed E-state index contributed by atoms with van der Waals surface area (Å²) < 4.78 is 38.6. The van der Waals surface area contributed by atoms with Crippen LogP contribution in [0.1, 0.15) is 58.4 Å². The van der Waals surface area contributed by atoms with E-state index in [1.54, 1.807) is 23.9 Å². The summed E-state index contributed by atoms with van der Waals surface area (Å²) in [7, 11) is 0. The van der Waals surface area contributed by atoms with Gasteiger partial charge in [0.1, 0.15) is 0 Å². The summed E-state index contributed by atoms with van der Waals surface area (Å²) in [5.41, 5.74) is -0.518. The first-order valence-electron chi connectivity index (χ1n) is 11.1. The number of alkyl halides is 3. The summed E-state index contributed by atoms with van der Waals surface area (Å²) in [6.07, 6.45) is 1.03. The summed E-state index contributed by atoms with van der Waals surface area (Å²) in [6, 6.07) is 11.2. The second-order valence-corrected chi connectivity index (χ2v) is 9.24. The summed E-state index contributed by atoms with van der Waals surface area (Å²) >= 11 is 1.59. The number of hydrogen-bond donors (Lipinski definition) is 2. The Morgan fingerprint density at radius 2 is 1.68 bits per heavy atom. The lowest BCUT2D eigenvalue weighted by Crippen LogP contribution is -2.43. The lowest BCUT2D eigenvalue weighted by molar-refractivity contribution is -0.137. The molecule has 2 aromatic carbocycles. The molecule has 0 saturated heterocycles. The maximum atomic E-state index is 12.9. The summed E-state index contributed by atoms with van der Waals surface area (Å²) in [4.78, 5) is 38.5. The average molecular weight is 493 g/mol. The van der Waals surface area contributed by atoms with Crippen LogP contribution in [0.2, 0.25) is 0 Å². The fourth-order valence-corrected chi connectivity index (χ4v) is 4.53. The van der Waals surface area contributed by atoms with E-state index < -0.39 is 17.6 Å². The van der Waals surface area contributed by atoms with Crippen LogP contribution in [-0.4, -0.2) is 36.4 Å². The molecule has 3 rings (SSSR count). The molecule has 2 amide bonds. The Morgan fingerprint density at radius 1 is 0.971 bits per heavy atom. The molecule has 1 aliphatic rings. The van der Waals surface area contributed by atoms with Crippen molar-refractivity contribution in [1.29, 1.82) is 0 Å². The number of rotatable bonds is 8. The van der Waals surface area contributed by atoms with Crippen LogP contribution >= 0.6 is 11.8 Å². The predicted molar refractivity (Wildman–Crippen MR) is 125 cm³/mol. The molecule has 2 aromatic rings. The fraction of sp³-hybridized carbons (Fsp3) is 0.400. The summed E-state index contributed by atoms with van der Waals surface area (Å²) in [5.74, 6) is -1.20. The molecule has 182 valence electrons. The highest BCUT2D eigenvalue weighted by Crippen LogP contribution is 2.30. The van der Waals surface area contributed by atoms with E-state index in [1.807, 2.05) is 18.4 Å². The molecule has 0 spiro atoms.